The molecule has 6 nitrogen and oxygen atoms in total. The van der Waals surface area contributed by atoms with Crippen LogP contribution >= 0.6 is 24.0 Å². The van der Waals surface area contributed by atoms with E-state index in [4.69, 9.17) is 14.5 Å². The monoisotopic (exact) mass is 531 g/mol. The van der Waals surface area contributed by atoms with Gasteiger partial charge in [-0.1, -0.05) is 12.1 Å². The lowest BCUT2D eigenvalue weighted by Gasteiger charge is -2.37. The van der Waals surface area contributed by atoms with E-state index in [1.165, 1.54) is 5.56 Å². The van der Waals surface area contributed by atoms with E-state index in [9.17, 15) is 5.11 Å². The molecule has 1 heterocycles. The minimum absolute atomic E-state index is 0. The normalized spacial score (nSPS) is 23.9. The number of rotatable bonds is 7. The molecular formula is C23H38IN3O3. The Bertz CT molecular complexity index is 640. The van der Waals surface area contributed by atoms with Gasteiger partial charge >= 0.3 is 0 Å². The van der Waals surface area contributed by atoms with Gasteiger partial charge in [-0.2, -0.15) is 0 Å². The van der Waals surface area contributed by atoms with Crippen LogP contribution in [0.3, 0.4) is 0 Å². The second-order valence-electron chi connectivity index (χ2n) is 8.20. The molecule has 1 aliphatic carbocycles. The summed E-state index contributed by atoms with van der Waals surface area (Å²) in [6.07, 6.45) is 5.51. The van der Waals surface area contributed by atoms with E-state index < -0.39 is 0 Å². The molecule has 1 saturated heterocycles. The number of halogens is 1. The topological polar surface area (TPSA) is 75.1 Å². The summed E-state index contributed by atoms with van der Waals surface area (Å²) in [5.41, 5.74) is 1.30. The van der Waals surface area contributed by atoms with Crippen molar-refractivity contribution in [1.82, 2.24) is 10.6 Å². The van der Waals surface area contributed by atoms with Crippen LogP contribution in [-0.4, -0.2) is 56.1 Å². The number of nitrogens with one attached hydrogen (secondary N) is 2. The summed E-state index contributed by atoms with van der Waals surface area (Å²) >= 11 is 0. The van der Waals surface area contributed by atoms with Gasteiger partial charge in [-0.25, -0.2) is 0 Å². The van der Waals surface area contributed by atoms with Crippen LogP contribution in [0.25, 0.3) is 0 Å². The van der Waals surface area contributed by atoms with E-state index in [-0.39, 0.29) is 35.5 Å². The first-order chi connectivity index (χ1) is 14.1. The minimum atomic E-state index is -0.141. The number of nitrogens with zero attached hydrogens (tertiary/aromatic N) is 1. The van der Waals surface area contributed by atoms with Crippen molar-refractivity contribution >= 4 is 29.9 Å². The van der Waals surface area contributed by atoms with Gasteiger partial charge in [0, 0.05) is 31.2 Å². The van der Waals surface area contributed by atoms with Crippen LogP contribution in [0.1, 0.15) is 57.9 Å². The zero-order valence-corrected chi connectivity index (χ0v) is 20.7. The molecule has 1 aliphatic heterocycles. The molecule has 3 rings (SSSR count). The Balaban J connectivity index is 0.00000320. The van der Waals surface area contributed by atoms with Crippen molar-refractivity contribution in [3.63, 3.8) is 0 Å². The maximum absolute atomic E-state index is 9.76. The number of aliphatic hydroxyl groups excluding tert-OH is 1. The lowest BCUT2D eigenvalue weighted by atomic mass is 9.74. The summed E-state index contributed by atoms with van der Waals surface area (Å²) in [4.78, 5) is 5.00. The molecule has 3 N–H and O–H groups in total. The third kappa shape index (κ3) is 6.99. The van der Waals surface area contributed by atoms with Gasteiger partial charge in [0.05, 0.1) is 19.3 Å². The van der Waals surface area contributed by atoms with Crippen LogP contribution in [0.15, 0.2) is 29.3 Å². The van der Waals surface area contributed by atoms with Crippen molar-refractivity contribution < 1.29 is 14.6 Å². The highest BCUT2D eigenvalue weighted by Crippen LogP contribution is 2.36. The Labute approximate surface area is 198 Å². The fourth-order valence-electron chi connectivity index (χ4n) is 4.34. The van der Waals surface area contributed by atoms with Crippen LogP contribution in [0.5, 0.6) is 5.75 Å². The van der Waals surface area contributed by atoms with Crippen molar-refractivity contribution in [2.75, 3.05) is 32.9 Å². The average Bonchev–Trinajstić information content (AvgIpc) is 2.75. The highest BCUT2D eigenvalue weighted by Gasteiger charge is 2.34. The van der Waals surface area contributed by atoms with Gasteiger partial charge in [0.15, 0.2) is 5.96 Å². The number of aliphatic imine (C=N–C) groups is 1. The maximum Gasteiger partial charge on any atom is 0.191 e. The summed E-state index contributed by atoms with van der Waals surface area (Å²) in [6.45, 7) is 7.89. The highest BCUT2D eigenvalue weighted by atomic mass is 127. The molecule has 1 saturated carbocycles. The fourth-order valence-corrected chi connectivity index (χ4v) is 4.34. The van der Waals surface area contributed by atoms with Crippen molar-refractivity contribution in [1.29, 1.82) is 0 Å². The number of guanidine groups is 1. The van der Waals surface area contributed by atoms with Crippen molar-refractivity contribution in [2.45, 2.75) is 69.9 Å². The van der Waals surface area contributed by atoms with Gasteiger partial charge in [-0.3, -0.25) is 4.99 Å². The SMILES string of the molecule is CCNC(=NCC1(c2ccc(OCC)cc2)CCOCC1)NC1CCC(O)CC1.I. The zero-order valence-electron chi connectivity index (χ0n) is 18.4. The molecule has 0 aromatic heterocycles. The minimum Gasteiger partial charge on any atom is -0.494 e. The maximum atomic E-state index is 9.76. The summed E-state index contributed by atoms with van der Waals surface area (Å²) in [5.74, 6) is 1.79. The number of hydrogen-bond donors (Lipinski definition) is 3. The molecule has 1 aromatic carbocycles. The van der Waals surface area contributed by atoms with Gasteiger partial charge in [0.25, 0.3) is 0 Å². The largest absolute Gasteiger partial charge is 0.494 e. The first-order valence-corrected chi connectivity index (χ1v) is 11.2. The Morgan fingerprint density at radius 3 is 2.40 bits per heavy atom. The Morgan fingerprint density at radius 2 is 1.80 bits per heavy atom. The van der Waals surface area contributed by atoms with Crippen LogP contribution in [0, 0.1) is 0 Å². The van der Waals surface area contributed by atoms with Crippen LogP contribution in [0.2, 0.25) is 0 Å². The third-order valence-electron chi connectivity index (χ3n) is 6.15. The van der Waals surface area contributed by atoms with Crippen LogP contribution in [0.4, 0.5) is 0 Å². The number of ether oxygens (including phenoxy) is 2. The fraction of sp³-hybridized carbons (Fsp3) is 0.696. The van der Waals surface area contributed by atoms with Gasteiger partial charge in [0.1, 0.15) is 5.75 Å². The first kappa shape index (κ1) is 25.2. The van der Waals surface area contributed by atoms with E-state index in [1.54, 1.807) is 0 Å². The van der Waals surface area contributed by atoms with Crippen molar-refractivity contribution in [3.05, 3.63) is 29.8 Å². The van der Waals surface area contributed by atoms with E-state index in [0.29, 0.717) is 12.6 Å². The molecule has 2 aliphatic rings. The molecule has 7 heteroatoms. The molecule has 1 aromatic rings. The van der Waals surface area contributed by atoms with Crippen molar-refractivity contribution in [2.24, 2.45) is 4.99 Å². The second-order valence-corrected chi connectivity index (χ2v) is 8.20. The Kier molecular flexibility index (Phi) is 10.7. The summed E-state index contributed by atoms with van der Waals surface area (Å²) in [5, 5.41) is 16.7. The number of aliphatic hydroxyl groups is 1. The molecule has 0 amide bonds. The second kappa shape index (κ2) is 12.7. The molecular weight excluding hydrogens is 493 g/mol. The number of benzene rings is 1. The molecule has 0 radical (unpaired) electrons. The molecule has 2 fully saturated rings. The molecule has 30 heavy (non-hydrogen) atoms. The van der Waals surface area contributed by atoms with E-state index in [0.717, 1.165) is 76.5 Å². The quantitative estimate of drug-likeness (QED) is 0.285. The Morgan fingerprint density at radius 1 is 1.13 bits per heavy atom. The van der Waals surface area contributed by atoms with Gasteiger partial charge in [0.2, 0.25) is 0 Å². The van der Waals surface area contributed by atoms with Crippen LogP contribution < -0.4 is 15.4 Å². The zero-order chi connectivity index (χ0) is 20.5. The predicted octanol–water partition coefficient (Wildman–Crippen LogP) is 3.61. The smallest absolute Gasteiger partial charge is 0.191 e. The molecule has 0 spiro atoms. The first-order valence-electron chi connectivity index (χ1n) is 11.2. The Hall–Kier alpha value is -1.06. The number of hydrogen-bond acceptors (Lipinski definition) is 4. The molecule has 170 valence electrons. The average molecular weight is 531 g/mol. The standard InChI is InChI=1S/C23H37N3O3.HI/c1-3-24-22(26-19-7-9-20(27)10-8-19)25-17-23(13-15-28-16-14-23)18-5-11-21(12-6-18)29-4-2;/h5-6,11-12,19-20,27H,3-4,7-10,13-17H2,1-2H3,(H2,24,25,26);1H. The van der Waals surface area contributed by atoms with Gasteiger partial charge < -0.3 is 25.2 Å². The molecule has 0 unspecified atom stereocenters. The summed E-state index contributed by atoms with van der Waals surface area (Å²) in [7, 11) is 0. The van der Waals surface area contributed by atoms with E-state index >= 15 is 0 Å². The van der Waals surface area contributed by atoms with Crippen molar-refractivity contribution in [3.8, 4) is 5.75 Å². The van der Waals surface area contributed by atoms with E-state index in [1.807, 2.05) is 6.92 Å². The molecule has 0 bridgehead atoms. The third-order valence-corrected chi connectivity index (χ3v) is 6.15. The summed E-state index contributed by atoms with van der Waals surface area (Å²) in [6, 6.07) is 8.89. The van der Waals surface area contributed by atoms with Gasteiger partial charge in [-0.15, -0.1) is 24.0 Å². The summed E-state index contributed by atoms with van der Waals surface area (Å²) < 4.78 is 11.3. The van der Waals surface area contributed by atoms with Crippen LogP contribution in [-0.2, 0) is 10.2 Å². The lowest BCUT2D eigenvalue weighted by molar-refractivity contribution is 0.0530. The predicted molar refractivity (Wildman–Crippen MR) is 132 cm³/mol. The molecule has 0 atom stereocenters. The van der Waals surface area contributed by atoms with E-state index in [2.05, 4.69) is 41.8 Å². The lowest BCUT2D eigenvalue weighted by Crippen LogP contribution is -2.46. The van der Waals surface area contributed by atoms with Gasteiger partial charge in [-0.05, 0) is 70.1 Å². The highest BCUT2D eigenvalue weighted by molar-refractivity contribution is 14.0.